The van der Waals surface area contributed by atoms with Gasteiger partial charge in [0.05, 0.1) is 24.3 Å². The van der Waals surface area contributed by atoms with Gasteiger partial charge in [0.25, 0.3) is 5.91 Å². The Labute approximate surface area is 199 Å². The Bertz CT molecular complexity index is 985. The van der Waals surface area contributed by atoms with Gasteiger partial charge in [0, 0.05) is 29.7 Å². The van der Waals surface area contributed by atoms with Crippen molar-refractivity contribution in [2.75, 3.05) is 25.1 Å². The van der Waals surface area contributed by atoms with E-state index in [1.165, 1.54) is 7.11 Å². The Morgan fingerprint density at radius 3 is 2.47 bits per heavy atom. The molecule has 2 aromatic carbocycles. The number of nitrogens with one attached hydrogen (secondary N) is 1. The lowest BCUT2D eigenvalue weighted by Gasteiger charge is -2.27. The normalized spacial score (nSPS) is 20.0. The van der Waals surface area contributed by atoms with Gasteiger partial charge in [0.1, 0.15) is 0 Å². The lowest BCUT2D eigenvalue weighted by molar-refractivity contribution is -0.146. The van der Waals surface area contributed by atoms with E-state index in [4.69, 9.17) is 27.9 Å². The second-order valence-electron chi connectivity index (χ2n) is 8.71. The lowest BCUT2D eigenvalue weighted by Crippen LogP contribution is -2.33. The number of carbonyl (C=O) groups is 2. The van der Waals surface area contributed by atoms with Crippen molar-refractivity contribution < 1.29 is 14.3 Å². The molecule has 32 heavy (non-hydrogen) atoms. The molecular formula is C25H28Cl2N2O3. The van der Waals surface area contributed by atoms with Crippen LogP contribution in [0.25, 0.3) is 0 Å². The first-order chi connectivity index (χ1) is 15.4. The maximum atomic E-state index is 13.2. The van der Waals surface area contributed by atoms with E-state index in [2.05, 4.69) is 10.2 Å². The van der Waals surface area contributed by atoms with Gasteiger partial charge < -0.3 is 15.0 Å². The van der Waals surface area contributed by atoms with E-state index in [-0.39, 0.29) is 17.8 Å². The highest BCUT2D eigenvalue weighted by molar-refractivity contribution is 6.31. The van der Waals surface area contributed by atoms with Crippen LogP contribution in [0.2, 0.25) is 10.0 Å². The molecule has 5 nitrogen and oxygen atoms in total. The number of anilines is 1. The number of ether oxygens (including phenoxy) is 1. The van der Waals surface area contributed by atoms with Gasteiger partial charge in [-0.05, 0) is 73.4 Å². The summed E-state index contributed by atoms with van der Waals surface area (Å²) in [6.07, 6.45) is 4.32. The van der Waals surface area contributed by atoms with Gasteiger partial charge in [-0.2, -0.15) is 0 Å². The fourth-order valence-electron chi connectivity index (χ4n) is 4.83. The Morgan fingerprint density at radius 2 is 1.78 bits per heavy atom. The molecule has 0 saturated heterocycles. The van der Waals surface area contributed by atoms with Crippen LogP contribution in [-0.4, -0.2) is 32.1 Å². The van der Waals surface area contributed by atoms with E-state index in [1.54, 1.807) is 6.07 Å². The summed E-state index contributed by atoms with van der Waals surface area (Å²) in [5, 5.41) is 4.41. The van der Waals surface area contributed by atoms with Crippen LogP contribution in [-0.2, 0) is 22.5 Å². The number of hydrogen-bond donors (Lipinski definition) is 1. The number of amides is 1. The monoisotopic (exact) mass is 474 g/mol. The van der Waals surface area contributed by atoms with E-state index >= 15 is 0 Å². The average molecular weight is 475 g/mol. The van der Waals surface area contributed by atoms with E-state index < -0.39 is 0 Å². The molecule has 0 aromatic heterocycles. The Kier molecular flexibility index (Phi) is 7.27. The minimum absolute atomic E-state index is 0.00965. The third-order valence-corrected chi connectivity index (χ3v) is 7.05. The zero-order valence-electron chi connectivity index (χ0n) is 18.2. The van der Waals surface area contributed by atoms with Gasteiger partial charge in [0.15, 0.2) is 0 Å². The smallest absolute Gasteiger partial charge is 0.308 e. The van der Waals surface area contributed by atoms with Crippen LogP contribution in [0.4, 0.5) is 5.69 Å². The van der Waals surface area contributed by atoms with Crippen molar-refractivity contribution in [2.45, 2.75) is 38.6 Å². The molecule has 1 aliphatic heterocycles. The van der Waals surface area contributed by atoms with Gasteiger partial charge in [-0.1, -0.05) is 35.3 Å². The molecule has 0 unspecified atom stereocenters. The summed E-state index contributed by atoms with van der Waals surface area (Å²) >= 11 is 12.4. The highest BCUT2D eigenvalue weighted by Crippen LogP contribution is 2.36. The lowest BCUT2D eigenvalue weighted by atomic mass is 9.82. The highest BCUT2D eigenvalue weighted by Gasteiger charge is 2.29. The zero-order chi connectivity index (χ0) is 22.7. The Balaban J connectivity index is 1.43. The summed E-state index contributed by atoms with van der Waals surface area (Å²) in [7, 11) is 1.44. The molecule has 7 heteroatoms. The average Bonchev–Trinajstić information content (AvgIpc) is 3.20. The van der Waals surface area contributed by atoms with Crippen LogP contribution in [0, 0.1) is 11.8 Å². The van der Waals surface area contributed by atoms with E-state index in [0.29, 0.717) is 34.6 Å². The Hall–Kier alpha value is -2.24. The number of nitrogens with zero attached hydrogens (tertiary/aromatic N) is 1. The number of rotatable bonds is 6. The maximum Gasteiger partial charge on any atom is 0.308 e. The molecule has 2 aliphatic rings. The summed E-state index contributed by atoms with van der Waals surface area (Å²) in [5.74, 6) is 0.145. The summed E-state index contributed by atoms with van der Waals surface area (Å²) in [6, 6.07) is 11.5. The summed E-state index contributed by atoms with van der Waals surface area (Å²) in [4.78, 5) is 27.1. The molecule has 1 saturated carbocycles. The molecule has 1 N–H and O–H groups in total. The van der Waals surface area contributed by atoms with Crippen LogP contribution in [0.1, 0.15) is 47.2 Å². The van der Waals surface area contributed by atoms with E-state index in [9.17, 15) is 9.59 Å². The van der Waals surface area contributed by atoms with Gasteiger partial charge in [-0.3, -0.25) is 9.59 Å². The SMILES string of the molecule is COC(=O)[C@H]1CC[C@H](CNC(=O)c2cc(Cl)cc3c2N(Cc2ccc(Cl)cc2)CC3)CC1. The number of methoxy groups -OCH3 is 1. The van der Waals surface area contributed by atoms with Crippen molar-refractivity contribution >= 4 is 40.8 Å². The third-order valence-electron chi connectivity index (χ3n) is 6.58. The Morgan fingerprint density at radius 1 is 1.06 bits per heavy atom. The molecule has 1 fully saturated rings. The van der Waals surface area contributed by atoms with Crippen molar-refractivity contribution in [1.29, 1.82) is 0 Å². The number of halogens is 2. The van der Waals surface area contributed by atoms with Crippen molar-refractivity contribution in [2.24, 2.45) is 11.8 Å². The van der Waals surface area contributed by atoms with Crippen LogP contribution in [0.3, 0.4) is 0 Å². The summed E-state index contributed by atoms with van der Waals surface area (Å²) in [6.45, 7) is 2.16. The summed E-state index contributed by atoms with van der Waals surface area (Å²) < 4.78 is 4.86. The topological polar surface area (TPSA) is 58.6 Å². The minimum atomic E-state index is -0.122. The quantitative estimate of drug-likeness (QED) is 0.579. The number of carbonyl (C=O) groups excluding carboxylic acids is 2. The van der Waals surface area contributed by atoms with Gasteiger partial charge in [-0.25, -0.2) is 0 Å². The predicted octanol–water partition coefficient (Wildman–Crippen LogP) is 5.27. The van der Waals surface area contributed by atoms with Gasteiger partial charge in [-0.15, -0.1) is 0 Å². The van der Waals surface area contributed by atoms with Crippen LogP contribution in [0.15, 0.2) is 36.4 Å². The standard InChI is InChI=1S/C25H28Cl2N2O3/c1-32-25(31)18-6-2-16(3-7-18)14-28-24(30)22-13-21(27)12-19-10-11-29(23(19)22)15-17-4-8-20(26)9-5-17/h4-5,8-9,12-13,16,18H,2-3,6-7,10-11,14-15H2,1H3,(H,28,30)/t16-,18-. The van der Waals surface area contributed by atoms with Crippen molar-refractivity contribution in [3.8, 4) is 0 Å². The fourth-order valence-corrected chi connectivity index (χ4v) is 5.20. The molecule has 0 spiro atoms. The van der Waals surface area contributed by atoms with Crippen LogP contribution >= 0.6 is 23.2 Å². The van der Waals surface area contributed by atoms with Gasteiger partial charge >= 0.3 is 5.97 Å². The molecule has 1 amide bonds. The zero-order valence-corrected chi connectivity index (χ0v) is 19.7. The highest BCUT2D eigenvalue weighted by atomic mass is 35.5. The minimum Gasteiger partial charge on any atom is -0.469 e. The van der Waals surface area contributed by atoms with Crippen molar-refractivity contribution in [3.05, 3.63) is 63.1 Å². The summed E-state index contributed by atoms with van der Waals surface area (Å²) in [5.41, 5.74) is 3.85. The molecule has 0 radical (unpaired) electrons. The van der Waals surface area contributed by atoms with Crippen molar-refractivity contribution in [1.82, 2.24) is 5.32 Å². The molecule has 1 heterocycles. The second-order valence-corrected chi connectivity index (χ2v) is 9.58. The second kappa shape index (κ2) is 10.1. The predicted molar refractivity (Wildman–Crippen MR) is 127 cm³/mol. The molecule has 4 rings (SSSR count). The molecule has 2 aromatic rings. The first-order valence-corrected chi connectivity index (χ1v) is 11.9. The number of benzene rings is 2. The maximum absolute atomic E-state index is 13.2. The number of fused-ring (bicyclic) bond motifs is 1. The first kappa shape index (κ1) is 22.9. The number of esters is 1. The molecule has 1 aliphatic carbocycles. The molecule has 0 bridgehead atoms. The molecule has 0 atom stereocenters. The number of hydrogen-bond acceptors (Lipinski definition) is 4. The van der Waals surface area contributed by atoms with Crippen LogP contribution in [0.5, 0.6) is 0 Å². The van der Waals surface area contributed by atoms with Gasteiger partial charge in [0.2, 0.25) is 0 Å². The van der Waals surface area contributed by atoms with E-state index in [0.717, 1.165) is 55.5 Å². The third kappa shape index (κ3) is 5.21. The molecular weight excluding hydrogens is 447 g/mol. The largest absolute Gasteiger partial charge is 0.469 e. The van der Waals surface area contributed by atoms with Crippen molar-refractivity contribution in [3.63, 3.8) is 0 Å². The van der Waals surface area contributed by atoms with E-state index in [1.807, 2.05) is 30.3 Å². The first-order valence-electron chi connectivity index (χ1n) is 11.1. The fraction of sp³-hybridized carbons (Fsp3) is 0.440. The molecule has 170 valence electrons. The van der Waals surface area contributed by atoms with Crippen LogP contribution < -0.4 is 10.2 Å².